The lowest BCUT2D eigenvalue weighted by Gasteiger charge is -2.07. The fourth-order valence-electron chi connectivity index (χ4n) is 1.66. The summed E-state index contributed by atoms with van der Waals surface area (Å²) in [5.74, 6) is 0.159. The Hall–Kier alpha value is -2.12. The van der Waals surface area contributed by atoms with Gasteiger partial charge in [-0.25, -0.2) is 0 Å². The number of tetrazole rings is 1. The molecule has 0 saturated heterocycles. The Labute approximate surface area is 136 Å². The number of nitrogens with one attached hydrogen (secondary N) is 1. The number of anilines is 1. The summed E-state index contributed by atoms with van der Waals surface area (Å²) >= 11 is 12.0. The van der Waals surface area contributed by atoms with Gasteiger partial charge in [-0.1, -0.05) is 28.3 Å². The molecule has 9 heteroatoms. The largest absolute Gasteiger partial charge is 0.495 e. The predicted octanol–water partition coefficient (Wildman–Crippen LogP) is 2.66. The van der Waals surface area contributed by atoms with Gasteiger partial charge in [0.05, 0.1) is 18.7 Å². The first-order valence-electron chi connectivity index (χ1n) is 6.33. The third-order valence-electron chi connectivity index (χ3n) is 2.63. The second-order valence-corrected chi connectivity index (χ2v) is 4.98. The molecule has 0 spiro atoms. The molecule has 0 fully saturated rings. The number of halogens is 2. The topological polar surface area (TPSA) is 81.9 Å². The van der Waals surface area contributed by atoms with Crippen molar-refractivity contribution in [1.29, 1.82) is 0 Å². The SMILES string of the molecule is CCn1nnc(NC(=O)/C=C/c2cc(Cl)cc(Cl)c2OC)n1. The van der Waals surface area contributed by atoms with Crippen LogP contribution in [0.1, 0.15) is 12.5 Å². The first kappa shape index (κ1) is 16.3. The minimum Gasteiger partial charge on any atom is -0.495 e. The van der Waals surface area contributed by atoms with Gasteiger partial charge >= 0.3 is 0 Å². The molecule has 7 nitrogen and oxygen atoms in total. The van der Waals surface area contributed by atoms with Gasteiger partial charge in [0.15, 0.2) is 0 Å². The summed E-state index contributed by atoms with van der Waals surface area (Å²) in [6, 6.07) is 3.20. The lowest BCUT2D eigenvalue weighted by Crippen LogP contribution is -2.09. The number of nitrogens with zero attached hydrogens (tertiary/aromatic N) is 4. The minimum absolute atomic E-state index is 0.132. The van der Waals surface area contributed by atoms with Gasteiger partial charge in [-0.3, -0.25) is 10.1 Å². The molecule has 22 heavy (non-hydrogen) atoms. The van der Waals surface area contributed by atoms with E-state index in [4.69, 9.17) is 27.9 Å². The number of benzene rings is 1. The van der Waals surface area contributed by atoms with Crippen LogP contribution < -0.4 is 10.1 Å². The number of ether oxygens (including phenoxy) is 1. The summed E-state index contributed by atoms with van der Waals surface area (Å²) in [6.45, 7) is 2.43. The van der Waals surface area contributed by atoms with Gasteiger partial charge in [-0.15, -0.1) is 5.10 Å². The predicted molar refractivity (Wildman–Crippen MR) is 84.2 cm³/mol. The Morgan fingerprint density at radius 1 is 1.45 bits per heavy atom. The fraction of sp³-hybridized carbons (Fsp3) is 0.231. The minimum atomic E-state index is -0.409. The van der Waals surface area contributed by atoms with Crippen LogP contribution in [0.3, 0.4) is 0 Å². The quantitative estimate of drug-likeness (QED) is 0.845. The van der Waals surface area contributed by atoms with Crippen LogP contribution >= 0.6 is 23.2 Å². The van der Waals surface area contributed by atoms with Crippen LogP contribution in [0.25, 0.3) is 6.08 Å². The normalized spacial score (nSPS) is 10.9. The van der Waals surface area contributed by atoms with Crippen LogP contribution in [0.15, 0.2) is 18.2 Å². The number of rotatable bonds is 5. The van der Waals surface area contributed by atoms with E-state index in [1.807, 2.05) is 6.92 Å². The van der Waals surface area contributed by atoms with Crippen molar-refractivity contribution in [3.05, 3.63) is 33.8 Å². The summed E-state index contributed by atoms with van der Waals surface area (Å²) in [6.07, 6.45) is 2.84. The van der Waals surface area contributed by atoms with Crippen molar-refractivity contribution in [3.63, 3.8) is 0 Å². The lowest BCUT2D eigenvalue weighted by molar-refractivity contribution is -0.111. The fourth-order valence-corrected chi connectivity index (χ4v) is 2.25. The van der Waals surface area contributed by atoms with Crippen molar-refractivity contribution in [3.8, 4) is 5.75 Å². The Bertz CT molecular complexity index is 714. The maximum atomic E-state index is 11.8. The highest BCUT2D eigenvalue weighted by atomic mass is 35.5. The first-order valence-corrected chi connectivity index (χ1v) is 7.09. The van der Waals surface area contributed by atoms with E-state index in [2.05, 4.69) is 20.7 Å². The summed E-state index contributed by atoms with van der Waals surface area (Å²) < 4.78 is 5.19. The van der Waals surface area contributed by atoms with Crippen molar-refractivity contribution in [1.82, 2.24) is 20.2 Å². The molecule has 0 saturated carbocycles. The molecule has 2 aromatic rings. The van der Waals surface area contributed by atoms with E-state index in [1.165, 1.54) is 24.1 Å². The van der Waals surface area contributed by atoms with Crippen molar-refractivity contribution in [2.75, 3.05) is 12.4 Å². The summed E-state index contributed by atoms with van der Waals surface area (Å²) in [4.78, 5) is 13.2. The molecule has 1 amide bonds. The smallest absolute Gasteiger partial charge is 0.270 e. The zero-order chi connectivity index (χ0) is 16.1. The van der Waals surface area contributed by atoms with E-state index in [-0.39, 0.29) is 5.95 Å². The van der Waals surface area contributed by atoms with E-state index >= 15 is 0 Å². The number of carbonyl (C=O) groups is 1. The zero-order valence-electron chi connectivity index (χ0n) is 11.9. The Morgan fingerprint density at radius 3 is 2.86 bits per heavy atom. The Morgan fingerprint density at radius 2 is 2.23 bits per heavy atom. The van der Waals surface area contributed by atoms with Gasteiger partial charge in [0.2, 0.25) is 0 Å². The van der Waals surface area contributed by atoms with Gasteiger partial charge in [-0.2, -0.15) is 4.80 Å². The molecule has 0 radical (unpaired) electrons. The summed E-state index contributed by atoms with van der Waals surface area (Å²) in [5, 5.41) is 14.7. The van der Waals surface area contributed by atoms with Crippen molar-refractivity contribution in [2.45, 2.75) is 13.5 Å². The average molecular weight is 342 g/mol. The van der Waals surface area contributed by atoms with Crippen LogP contribution in [-0.4, -0.2) is 33.2 Å². The van der Waals surface area contributed by atoms with Gasteiger partial charge in [0, 0.05) is 16.7 Å². The average Bonchev–Trinajstić information content (AvgIpc) is 2.92. The third-order valence-corrected chi connectivity index (χ3v) is 3.13. The van der Waals surface area contributed by atoms with Crippen LogP contribution in [0.5, 0.6) is 5.75 Å². The summed E-state index contributed by atoms with van der Waals surface area (Å²) in [7, 11) is 1.49. The number of hydrogen-bond donors (Lipinski definition) is 1. The van der Waals surface area contributed by atoms with Gasteiger partial charge in [-0.05, 0) is 30.3 Å². The highest BCUT2D eigenvalue weighted by Gasteiger charge is 2.09. The van der Waals surface area contributed by atoms with Crippen molar-refractivity contribution < 1.29 is 9.53 Å². The zero-order valence-corrected chi connectivity index (χ0v) is 13.4. The second kappa shape index (κ2) is 7.24. The molecule has 1 heterocycles. The number of amides is 1. The standard InChI is InChI=1S/C13H13Cl2N5O2/c1-3-20-18-13(17-19-20)16-11(21)5-4-8-6-9(14)7-10(15)12(8)22-2/h4-7H,3H2,1-2H3,(H,16,18,21)/b5-4+. The number of hydrogen-bond acceptors (Lipinski definition) is 5. The first-order chi connectivity index (χ1) is 10.5. The molecule has 2 rings (SSSR count). The lowest BCUT2D eigenvalue weighted by atomic mass is 10.2. The van der Waals surface area contributed by atoms with E-state index in [9.17, 15) is 4.79 Å². The van der Waals surface area contributed by atoms with Crippen LogP contribution in [0, 0.1) is 0 Å². The maximum absolute atomic E-state index is 11.8. The number of methoxy groups -OCH3 is 1. The molecule has 0 aliphatic rings. The molecular weight excluding hydrogens is 329 g/mol. The highest BCUT2D eigenvalue weighted by Crippen LogP contribution is 2.32. The molecule has 116 valence electrons. The van der Waals surface area contributed by atoms with Crippen LogP contribution in [0.4, 0.5) is 5.95 Å². The molecule has 1 aromatic heterocycles. The number of aromatic nitrogens is 4. The molecule has 0 unspecified atom stereocenters. The number of carbonyl (C=O) groups excluding carboxylic acids is 1. The molecule has 1 aromatic carbocycles. The van der Waals surface area contributed by atoms with E-state index in [0.717, 1.165) is 0 Å². The van der Waals surface area contributed by atoms with E-state index in [0.29, 0.717) is 27.9 Å². The monoisotopic (exact) mass is 341 g/mol. The van der Waals surface area contributed by atoms with E-state index < -0.39 is 5.91 Å². The third kappa shape index (κ3) is 3.96. The van der Waals surface area contributed by atoms with Crippen molar-refractivity contribution in [2.24, 2.45) is 0 Å². The molecule has 0 aliphatic carbocycles. The highest BCUT2D eigenvalue weighted by molar-refractivity contribution is 6.36. The van der Waals surface area contributed by atoms with E-state index in [1.54, 1.807) is 12.1 Å². The number of aryl methyl sites for hydroxylation is 1. The molecule has 0 bridgehead atoms. The summed E-state index contributed by atoms with van der Waals surface area (Å²) in [5.41, 5.74) is 0.584. The Kier molecular flexibility index (Phi) is 5.35. The molecule has 1 N–H and O–H groups in total. The van der Waals surface area contributed by atoms with Crippen LogP contribution in [0.2, 0.25) is 10.0 Å². The van der Waals surface area contributed by atoms with Gasteiger partial charge in [0.25, 0.3) is 11.9 Å². The second-order valence-electron chi connectivity index (χ2n) is 4.13. The van der Waals surface area contributed by atoms with Gasteiger partial charge < -0.3 is 4.74 Å². The van der Waals surface area contributed by atoms with Crippen LogP contribution in [-0.2, 0) is 11.3 Å². The molecule has 0 atom stereocenters. The van der Waals surface area contributed by atoms with Gasteiger partial charge in [0.1, 0.15) is 5.75 Å². The Balaban J connectivity index is 2.12. The molecular formula is C13H13Cl2N5O2. The molecule has 0 aliphatic heterocycles. The maximum Gasteiger partial charge on any atom is 0.270 e. The van der Waals surface area contributed by atoms with Crippen molar-refractivity contribution >= 4 is 41.1 Å².